The molecule has 0 aliphatic carbocycles. The zero-order valence-corrected chi connectivity index (χ0v) is 24.8. The number of piperidine rings is 2. The van der Waals surface area contributed by atoms with Crippen LogP contribution in [-0.2, 0) is 6.42 Å². The van der Waals surface area contributed by atoms with Crippen molar-refractivity contribution in [3.8, 4) is 22.9 Å². The van der Waals surface area contributed by atoms with E-state index in [0.717, 1.165) is 45.3 Å². The van der Waals surface area contributed by atoms with Crippen LogP contribution in [0.3, 0.4) is 0 Å². The summed E-state index contributed by atoms with van der Waals surface area (Å²) in [5, 5.41) is 15.9. The highest BCUT2D eigenvalue weighted by atomic mass is 19.1. The first-order chi connectivity index (χ1) is 21.3. The number of aromatic hydroxyl groups is 1. The number of nitrogens with zero attached hydrogens (tertiary/aromatic N) is 4. The lowest BCUT2D eigenvalue weighted by atomic mass is 9.91. The van der Waals surface area contributed by atoms with Crippen LogP contribution in [0.1, 0.15) is 44.6 Å². The van der Waals surface area contributed by atoms with Gasteiger partial charge in [-0.15, -0.1) is 0 Å². The van der Waals surface area contributed by atoms with Gasteiger partial charge in [-0.3, -0.25) is 4.90 Å². The van der Waals surface area contributed by atoms with Crippen molar-refractivity contribution in [3.05, 3.63) is 53.6 Å². The number of nitrogens with one attached hydrogen (secondary N) is 1. The summed E-state index contributed by atoms with van der Waals surface area (Å²) in [6.07, 6.45) is 3.93. The van der Waals surface area contributed by atoms with Crippen LogP contribution in [0.25, 0.3) is 32.8 Å². The molecule has 0 radical (unpaired) electrons. The number of aryl methyl sites for hydroxylation is 1. The molecule has 5 aliphatic heterocycles. The molecule has 2 N–H and O–H groups in total. The van der Waals surface area contributed by atoms with Crippen molar-refractivity contribution in [3.63, 3.8) is 0 Å². The van der Waals surface area contributed by atoms with Crippen molar-refractivity contribution < 1.29 is 23.0 Å². The average Bonchev–Trinajstić information content (AvgIpc) is 3.55. The zero-order chi connectivity index (χ0) is 30.2. The second kappa shape index (κ2) is 10.5. The van der Waals surface area contributed by atoms with Gasteiger partial charge in [0.2, 0.25) is 0 Å². The Kier molecular flexibility index (Phi) is 6.64. The minimum absolute atomic E-state index is 0.0343. The van der Waals surface area contributed by atoms with Crippen LogP contribution in [0.4, 0.5) is 19.0 Å². The molecule has 4 atom stereocenters. The van der Waals surface area contributed by atoms with Crippen molar-refractivity contribution in [2.45, 2.75) is 69.2 Å². The van der Waals surface area contributed by atoms with Crippen molar-refractivity contribution >= 4 is 27.5 Å². The lowest BCUT2D eigenvalue weighted by molar-refractivity contribution is 0.107. The number of halogens is 3. The third-order valence-corrected chi connectivity index (χ3v) is 10.4. The molecule has 6 heterocycles. The number of hydrogen-bond donors (Lipinski definition) is 2. The van der Waals surface area contributed by atoms with Crippen molar-refractivity contribution in [2.75, 3.05) is 37.7 Å². The van der Waals surface area contributed by atoms with Crippen LogP contribution in [0, 0.1) is 11.6 Å². The molecular formula is C34H36F3N5O2. The monoisotopic (exact) mass is 603 g/mol. The molecule has 0 spiro atoms. The smallest absolute Gasteiger partial charge is 0.319 e. The lowest BCUT2D eigenvalue weighted by Gasteiger charge is -2.46. The predicted octanol–water partition coefficient (Wildman–Crippen LogP) is 5.89. The minimum Gasteiger partial charge on any atom is -0.508 e. The standard InChI is InChI=1S/C34H36F3N5O2/c1-2-24-28(36)7-4-19-10-23(43)11-26(31(19)24)25-13-30-27(12-29(25)37)32(42-17-21-5-6-22(42)15-38-21)40-33(39-30)44-18-34-8-3-9-41(34)16-20(35)14-34/h4,7,10-13,20-22,38,43H,2-3,5-6,8-9,14-18H2,1H3/t20-,21+,22?,34+/m1/s1. The van der Waals surface area contributed by atoms with Crippen molar-refractivity contribution in [1.82, 2.24) is 20.2 Å². The molecule has 10 heteroatoms. The van der Waals surface area contributed by atoms with Gasteiger partial charge in [-0.2, -0.15) is 9.97 Å². The predicted molar refractivity (Wildman–Crippen MR) is 164 cm³/mol. The van der Waals surface area contributed by atoms with Crippen LogP contribution in [0.15, 0.2) is 36.4 Å². The maximum absolute atomic E-state index is 16.2. The molecule has 230 valence electrons. The van der Waals surface area contributed by atoms with Gasteiger partial charge in [0.15, 0.2) is 0 Å². The topological polar surface area (TPSA) is 73.8 Å². The number of anilines is 1. The van der Waals surface area contributed by atoms with E-state index in [1.807, 2.05) is 6.92 Å². The first-order valence-corrected chi connectivity index (χ1v) is 15.8. The van der Waals surface area contributed by atoms with Crippen LogP contribution in [-0.4, -0.2) is 76.6 Å². The zero-order valence-electron chi connectivity index (χ0n) is 24.8. The highest BCUT2D eigenvalue weighted by Crippen LogP contribution is 2.42. The fourth-order valence-corrected chi connectivity index (χ4v) is 8.28. The molecule has 5 aliphatic rings. The maximum Gasteiger partial charge on any atom is 0.319 e. The largest absolute Gasteiger partial charge is 0.508 e. The van der Waals surface area contributed by atoms with Gasteiger partial charge in [0.1, 0.15) is 36.0 Å². The molecule has 0 amide bonds. The quantitative estimate of drug-likeness (QED) is 0.285. The first-order valence-electron chi connectivity index (χ1n) is 15.8. The summed E-state index contributed by atoms with van der Waals surface area (Å²) in [5.41, 5.74) is 1.22. The molecule has 44 heavy (non-hydrogen) atoms. The molecule has 9 rings (SSSR count). The normalized spacial score (nSPS) is 26.6. The Labute approximate surface area is 254 Å². The van der Waals surface area contributed by atoms with Gasteiger partial charge in [0.05, 0.1) is 11.1 Å². The summed E-state index contributed by atoms with van der Waals surface area (Å²) >= 11 is 0. The second-order valence-electron chi connectivity index (χ2n) is 13.0. The van der Waals surface area contributed by atoms with Gasteiger partial charge in [0, 0.05) is 49.1 Å². The van der Waals surface area contributed by atoms with E-state index in [4.69, 9.17) is 14.7 Å². The number of phenols is 1. The number of piperazine rings is 1. The molecular weight excluding hydrogens is 567 g/mol. The number of benzene rings is 3. The van der Waals surface area contributed by atoms with Crippen molar-refractivity contribution in [1.29, 1.82) is 0 Å². The molecule has 5 fully saturated rings. The maximum atomic E-state index is 16.2. The third kappa shape index (κ3) is 4.48. The molecule has 3 aromatic carbocycles. The number of aromatic nitrogens is 2. The highest BCUT2D eigenvalue weighted by molar-refractivity contribution is 6.03. The molecule has 1 aromatic heterocycles. The lowest BCUT2D eigenvalue weighted by Crippen LogP contribution is -2.61. The van der Waals surface area contributed by atoms with E-state index in [-0.39, 0.29) is 41.3 Å². The molecule has 2 bridgehead atoms. The van der Waals surface area contributed by atoms with Gasteiger partial charge in [-0.25, -0.2) is 13.2 Å². The Morgan fingerprint density at radius 2 is 1.95 bits per heavy atom. The summed E-state index contributed by atoms with van der Waals surface area (Å²) in [6, 6.07) is 9.89. The Balaban J connectivity index is 1.28. The molecule has 0 saturated carbocycles. The summed E-state index contributed by atoms with van der Waals surface area (Å²) in [6.45, 7) is 5.00. The average molecular weight is 604 g/mol. The van der Waals surface area contributed by atoms with E-state index in [1.165, 1.54) is 18.2 Å². The molecule has 4 aromatic rings. The number of ether oxygens (including phenoxy) is 1. The van der Waals surface area contributed by atoms with E-state index in [9.17, 15) is 13.9 Å². The van der Waals surface area contributed by atoms with Gasteiger partial charge in [-0.1, -0.05) is 13.0 Å². The summed E-state index contributed by atoms with van der Waals surface area (Å²) < 4.78 is 52.0. The second-order valence-corrected chi connectivity index (χ2v) is 13.0. The Morgan fingerprint density at radius 3 is 2.73 bits per heavy atom. The molecule has 5 saturated heterocycles. The number of phenolic OH excluding ortho intramolecular Hbond substituents is 1. The van der Waals surface area contributed by atoms with Gasteiger partial charge >= 0.3 is 6.01 Å². The summed E-state index contributed by atoms with van der Waals surface area (Å²) in [4.78, 5) is 14.1. The van der Waals surface area contributed by atoms with Gasteiger partial charge < -0.3 is 20.1 Å². The number of alkyl halides is 1. The van der Waals surface area contributed by atoms with E-state index in [2.05, 4.69) is 15.1 Å². The van der Waals surface area contributed by atoms with Crippen molar-refractivity contribution in [2.24, 2.45) is 0 Å². The van der Waals surface area contributed by atoms with Crippen LogP contribution in [0.2, 0.25) is 0 Å². The number of hydrogen-bond acceptors (Lipinski definition) is 7. The minimum atomic E-state index is -0.871. The SMILES string of the molecule is CCc1c(F)ccc2cc(O)cc(-c3cc4nc(OC[C@@]56CCCN5C[C@H](F)C6)nc(N5C[C@@H]6CCC5CN6)c4cc3F)c12. The van der Waals surface area contributed by atoms with Crippen LogP contribution < -0.4 is 15.0 Å². The third-order valence-electron chi connectivity index (χ3n) is 10.4. The molecule has 1 unspecified atom stereocenters. The number of rotatable bonds is 6. The van der Waals surface area contributed by atoms with Gasteiger partial charge in [-0.05, 0) is 90.9 Å². The Bertz CT molecular complexity index is 1780. The fraction of sp³-hybridized carbons (Fsp3) is 0.471. The van der Waals surface area contributed by atoms with E-state index in [0.29, 0.717) is 64.0 Å². The van der Waals surface area contributed by atoms with E-state index >= 15 is 4.39 Å². The first kappa shape index (κ1) is 27.9. The Hall–Kier alpha value is -3.63. The highest BCUT2D eigenvalue weighted by Gasteiger charge is 2.49. The summed E-state index contributed by atoms with van der Waals surface area (Å²) in [7, 11) is 0. The van der Waals surface area contributed by atoms with Gasteiger partial charge in [0.25, 0.3) is 0 Å². The van der Waals surface area contributed by atoms with E-state index < -0.39 is 12.0 Å². The number of fused-ring (bicyclic) bond motifs is 6. The Morgan fingerprint density at radius 1 is 1.07 bits per heavy atom. The summed E-state index contributed by atoms with van der Waals surface area (Å²) in [5.74, 6) is -0.281. The van der Waals surface area contributed by atoms with E-state index in [1.54, 1.807) is 18.2 Å². The fourth-order valence-electron chi connectivity index (χ4n) is 8.28. The molecule has 7 nitrogen and oxygen atoms in total. The van der Waals surface area contributed by atoms with Crippen LogP contribution >= 0.6 is 0 Å². The van der Waals surface area contributed by atoms with Crippen LogP contribution in [0.5, 0.6) is 11.8 Å².